The number of nitrogens with zero attached hydrogens (tertiary/aromatic N) is 2. The van der Waals surface area contributed by atoms with Crippen molar-refractivity contribution in [3.05, 3.63) is 51.6 Å². The first kappa shape index (κ1) is 34.3. The number of phenols is 2. The number of rotatable bonds is 5. The van der Waals surface area contributed by atoms with E-state index in [4.69, 9.17) is 29.4 Å². The summed E-state index contributed by atoms with van der Waals surface area (Å²) in [5, 5.41) is 22.0. The lowest BCUT2D eigenvalue weighted by atomic mass is 9.75. The SMILES string of the molecule is COC1CN(C2CCOC(C)C2OC)CCO1.COc1cccc2c1C(=O)c1c(O)c3c(c(O)c1C2=O)CC(C(=O)N1CC(N)C1)CC3. The summed E-state index contributed by atoms with van der Waals surface area (Å²) in [5.41, 5.74) is 6.34. The summed E-state index contributed by atoms with van der Waals surface area (Å²) >= 11 is 0. The van der Waals surface area contributed by atoms with Crippen LogP contribution in [0.1, 0.15) is 62.7 Å². The summed E-state index contributed by atoms with van der Waals surface area (Å²) in [6.45, 7) is 6.38. The van der Waals surface area contributed by atoms with E-state index in [2.05, 4.69) is 11.8 Å². The maximum Gasteiger partial charge on any atom is 0.226 e. The Balaban J connectivity index is 0.000000200. The Kier molecular flexibility index (Phi) is 10.1. The van der Waals surface area contributed by atoms with Gasteiger partial charge in [0.15, 0.2) is 12.1 Å². The minimum absolute atomic E-state index is 0.00927. The number of phenolic OH excluding ortho intramolecular Hbond substituents is 2. The van der Waals surface area contributed by atoms with E-state index in [0.29, 0.717) is 43.1 Å². The summed E-state index contributed by atoms with van der Waals surface area (Å²) in [4.78, 5) is 43.3. The van der Waals surface area contributed by atoms with Crippen LogP contribution in [-0.4, -0.2) is 129 Å². The highest BCUT2D eigenvalue weighted by Gasteiger charge is 2.42. The zero-order valence-corrected chi connectivity index (χ0v) is 27.9. The summed E-state index contributed by atoms with van der Waals surface area (Å²) in [7, 11) is 4.85. The highest BCUT2D eigenvalue weighted by Crippen LogP contribution is 2.47. The predicted molar refractivity (Wildman–Crippen MR) is 173 cm³/mol. The summed E-state index contributed by atoms with van der Waals surface area (Å²) in [6.07, 6.45) is 2.18. The Bertz CT molecular complexity index is 1570. The van der Waals surface area contributed by atoms with Crippen LogP contribution in [0.2, 0.25) is 0 Å². The van der Waals surface area contributed by atoms with Crippen LogP contribution in [-0.2, 0) is 36.6 Å². The first-order valence-electron chi connectivity index (χ1n) is 16.5. The van der Waals surface area contributed by atoms with Gasteiger partial charge in [0.2, 0.25) is 11.7 Å². The topological polar surface area (TPSA) is 170 Å². The summed E-state index contributed by atoms with van der Waals surface area (Å²) < 4.78 is 27.3. The molecule has 260 valence electrons. The maximum absolute atomic E-state index is 13.3. The second-order valence-electron chi connectivity index (χ2n) is 13.1. The molecule has 5 unspecified atom stereocenters. The molecule has 13 nitrogen and oxygen atoms in total. The molecule has 2 aromatic rings. The standard InChI is InChI=1S/C23H22N2O6.C12H23NO4/c1-31-15-4-2-3-13-16(15)22(29)18-17(20(13)27)21(28)14-7-10(5-6-12(14)19(18)26)23(30)25-8-11(24)9-25;1-9-12(15-3)10(4-6-16-9)13-5-7-17-11(8-13)14-2/h2-4,10-11,26,28H,5-9,24H2,1H3;9-12H,4-8H2,1-3H3. The van der Waals surface area contributed by atoms with Crippen LogP contribution < -0.4 is 10.5 Å². The number of carbonyl (C=O) groups is 3. The van der Waals surface area contributed by atoms with E-state index >= 15 is 0 Å². The molecule has 4 N–H and O–H groups in total. The number of ether oxygens (including phenoxy) is 5. The zero-order chi connectivity index (χ0) is 34.3. The molecule has 0 radical (unpaired) electrons. The lowest BCUT2D eigenvalue weighted by molar-refractivity contribution is -0.193. The van der Waals surface area contributed by atoms with Gasteiger partial charge in [-0.05, 0) is 38.7 Å². The molecule has 48 heavy (non-hydrogen) atoms. The minimum Gasteiger partial charge on any atom is -0.507 e. The van der Waals surface area contributed by atoms with Gasteiger partial charge in [-0.25, -0.2) is 0 Å². The van der Waals surface area contributed by atoms with Crippen molar-refractivity contribution in [2.24, 2.45) is 11.7 Å². The van der Waals surface area contributed by atoms with Gasteiger partial charge in [-0.3, -0.25) is 19.3 Å². The van der Waals surface area contributed by atoms with E-state index < -0.39 is 11.6 Å². The quantitative estimate of drug-likeness (QED) is 0.337. The zero-order valence-electron chi connectivity index (χ0n) is 27.9. The number of ketones is 2. The van der Waals surface area contributed by atoms with Crippen molar-refractivity contribution in [1.29, 1.82) is 0 Å². The molecule has 2 aliphatic carbocycles. The first-order valence-corrected chi connectivity index (χ1v) is 16.5. The van der Waals surface area contributed by atoms with E-state index in [-0.39, 0.29) is 82.3 Å². The smallest absolute Gasteiger partial charge is 0.226 e. The van der Waals surface area contributed by atoms with Crippen LogP contribution in [0.25, 0.3) is 0 Å². The van der Waals surface area contributed by atoms with Gasteiger partial charge in [-0.1, -0.05) is 12.1 Å². The van der Waals surface area contributed by atoms with Crippen LogP contribution >= 0.6 is 0 Å². The van der Waals surface area contributed by atoms with Gasteiger partial charge in [0.05, 0.1) is 42.6 Å². The van der Waals surface area contributed by atoms with Gasteiger partial charge in [-0.2, -0.15) is 0 Å². The van der Waals surface area contributed by atoms with Crippen LogP contribution in [0, 0.1) is 5.92 Å². The molecule has 5 atom stereocenters. The second-order valence-corrected chi connectivity index (χ2v) is 13.1. The molecule has 0 bridgehead atoms. The average Bonchev–Trinajstić information content (AvgIpc) is 3.10. The third-order valence-corrected chi connectivity index (χ3v) is 10.3. The minimum atomic E-state index is -0.564. The number of fused-ring (bicyclic) bond motifs is 3. The van der Waals surface area contributed by atoms with E-state index in [9.17, 15) is 24.6 Å². The normalized spacial score (nSPS) is 27.2. The fourth-order valence-corrected chi connectivity index (χ4v) is 7.74. The molecule has 3 saturated heterocycles. The molecule has 5 aliphatic rings. The first-order chi connectivity index (χ1) is 23.1. The van der Waals surface area contributed by atoms with Crippen molar-refractivity contribution in [2.75, 3.05) is 60.7 Å². The Morgan fingerprint density at radius 2 is 1.65 bits per heavy atom. The molecule has 0 saturated carbocycles. The Labute approximate surface area is 279 Å². The number of hydrogen-bond acceptors (Lipinski definition) is 12. The van der Waals surface area contributed by atoms with E-state index in [1.165, 1.54) is 13.2 Å². The number of morpholine rings is 1. The predicted octanol–water partition coefficient (Wildman–Crippen LogP) is 1.64. The highest BCUT2D eigenvalue weighted by molar-refractivity contribution is 6.31. The molecule has 2 aromatic carbocycles. The van der Waals surface area contributed by atoms with E-state index in [1.54, 1.807) is 31.3 Å². The van der Waals surface area contributed by atoms with Crippen molar-refractivity contribution in [3.8, 4) is 17.2 Å². The third-order valence-electron chi connectivity index (χ3n) is 10.3. The number of methoxy groups -OCH3 is 3. The number of hydrogen-bond donors (Lipinski definition) is 3. The number of aromatic hydroxyl groups is 2. The van der Waals surface area contributed by atoms with Crippen LogP contribution in [0.4, 0.5) is 0 Å². The molecule has 7 rings (SSSR count). The number of amides is 1. The number of benzene rings is 2. The van der Waals surface area contributed by atoms with Crippen molar-refractivity contribution in [1.82, 2.24) is 9.80 Å². The third kappa shape index (κ3) is 6.08. The Morgan fingerprint density at radius 3 is 2.33 bits per heavy atom. The average molecular weight is 668 g/mol. The van der Waals surface area contributed by atoms with E-state index in [1.807, 2.05) is 0 Å². The van der Waals surface area contributed by atoms with Gasteiger partial charge in [0, 0.05) is 81.7 Å². The Morgan fingerprint density at radius 1 is 0.917 bits per heavy atom. The molecular formula is C35H45N3O10. The molecule has 3 heterocycles. The monoisotopic (exact) mass is 667 g/mol. The fraction of sp³-hybridized carbons (Fsp3) is 0.571. The van der Waals surface area contributed by atoms with Crippen LogP contribution in [0.5, 0.6) is 17.2 Å². The number of nitrogens with two attached hydrogens (primary N) is 1. The van der Waals surface area contributed by atoms with Crippen LogP contribution in [0.3, 0.4) is 0 Å². The van der Waals surface area contributed by atoms with Crippen molar-refractivity contribution >= 4 is 17.5 Å². The molecule has 13 heteroatoms. The van der Waals surface area contributed by atoms with Gasteiger partial charge in [0.25, 0.3) is 0 Å². The largest absolute Gasteiger partial charge is 0.507 e. The van der Waals surface area contributed by atoms with Gasteiger partial charge in [-0.15, -0.1) is 0 Å². The second kappa shape index (κ2) is 14.1. The molecule has 1 amide bonds. The van der Waals surface area contributed by atoms with Gasteiger partial charge < -0.3 is 44.5 Å². The molecule has 3 fully saturated rings. The Hall–Kier alpha value is -3.59. The van der Waals surface area contributed by atoms with Crippen molar-refractivity contribution in [2.45, 2.75) is 63.2 Å². The molecule has 3 aliphatic heterocycles. The number of carbonyl (C=O) groups excluding carboxylic acids is 3. The van der Waals surface area contributed by atoms with Gasteiger partial charge in [0.1, 0.15) is 17.2 Å². The summed E-state index contributed by atoms with van der Waals surface area (Å²) in [5.74, 6) is -1.92. The van der Waals surface area contributed by atoms with Crippen molar-refractivity contribution in [3.63, 3.8) is 0 Å². The molecule has 0 aromatic heterocycles. The fourth-order valence-electron chi connectivity index (χ4n) is 7.74. The van der Waals surface area contributed by atoms with E-state index in [0.717, 1.165) is 32.7 Å². The number of likely N-dealkylation sites (tertiary alicyclic amines) is 1. The molecule has 0 spiro atoms. The summed E-state index contributed by atoms with van der Waals surface area (Å²) in [6, 6.07) is 5.06. The lowest BCUT2D eigenvalue weighted by Crippen LogP contribution is -2.59. The highest BCUT2D eigenvalue weighted by atomic mass is 16.7. The molecular weight excluding hydrogens is 622 g/mol. The van der Waals surface area contributed by atoms with Gasteiger partial charge >= 0.3 is 0 Å². The van der Waals surface area contributed by atoms with Crippen LogP contribution in [0.15, 0.2) is 18.2 Å². The lowest BCUT2D eigenvalue weighted by Gasteiger charge is -2.44. The van der Waals surface area contributed by atoms with Crippen molar-refractivity contribution < 1.29 is 48.3 Å². The maximum atomic E-state index is 13.3.